The predicted octanol–water partition coefficient (Wildman–Crippen LogP) is -5.20. The summed E-state index contributed by atoms with van der Waals surface area (Å²) in [6.07, 6.45) is -12.7. The molecule has 30 heavy (non-hydrogen) atoms. The van der Waals surface area contributed by atoms with Crippen LogP contribution in [-0.2, 0) is 28.5 Å². The number of carboxylic acids is 1. The van der Waals surface area contributed by atoms with Crippen LogP contribution in [0.5, 0.6) is 0 Å². The molecule has 0 aromatic carbocycles. The zero-order valence-corrected chi connectivity index (χ0v) is 15.4. The molecule has 0 aromatic rings. The molecule has 0 amide bonds. The van der Waals surface area contributed by atoms with Crippen molar-refractivity contribution in [2.45, 2.75) is 54.8 Å². The number of aliphatic hydroxyl groups excluding tert-OH is 7. The van der Waals surface area contributed by atoms with Gasteiger partial charge in [-0.3, -0.25) is 0 Å². The number of aliphatic carboxylic acids is 1. The Hall–Kier alpha value is -1.72. The number of carbonyl (C=O) groups is 2. The standard InChI is InChI=1S/C16H24O14/c17-3-6-10(23)12(25)13(26)15(27-6)30-16(5-19)14(11(24)7(4-18)29-16)28-9(22)2-1-8(20)21/h1-2,6-7,10-15,17-19,23-26H,3-5H2,(H,20,21)/b2-1-/t6-,7-,10-,11-,12+,13-,14+,15-,16+/m1/s1. The normalized spacial score (nSPS) is 41.8. The van der Waals surface area contributed by atoms with Crippen LogP contribution < -0.4 is 0 Å². The van der Waals surface area contributed by atoms with Crippen molar-refractivity contribution in [1.29, 1.82) is 0 Å². The average molecular weight is 440 g/mol. The molecule has 14 nitrogen and oxygen atoms in total. The highest BCUT2D eigenvalue weighted by Crippen LogP contribution is 2.37. The minimum absolute atomic E-state index is 0.452. The summed E-state index contributed by atoms with van der Waals surface area (Å²) in [4.78, 5) is 22.4. The van der Waals surface area contributed by atoms with Crippen molar-refractivity contribution in [2.24, 2.45) is 0 Å². The Morgan fingerprint density at radius 1 is 0.900 bits per heavy atom. The summed E-state index contributed by atoms with van der Waals surface area (Å²) < 4.78 is 20.8. The van der Waals surface area contributed by atoms with Gasteiger partial charge in [0.15, 0.2) is 12.4 Å². The number of aliphatic hydroxyl groups is 7. The lowest BCUT2D eigenvalue weighted by Crippen LogP contribution is -2.63. The van der Waals surface area contributed by atoms with E-state index >= 15 is 0 Å². The van der Waals surface area contributed by atoms with Gasteiger partial charge in [0.25, 0.3) is 0 Å². The monoisotopic (exact) mass is 440 g/mol. The second-order valence-corrected chi connectivity index (χ2v) is 6.64. The summed E-state index contributed by atoms with van der Waals surface area (Å²) in [6.45, 7) is -2.70. The Balaban J connectivity index is 2.29. The first kappa shape index (κ1) is 24.5. The molecule has 0 saturated carbocycles. The number of hydrogen-bond donors (Lipinski definition) is 8. The molecule has 14 heteroatoms. The summed E-state index contributed by atoms with van der Waals surface area (Å²) in [5.74, 6) is -5.15. The quantitative estimate of drug-likeness (QED) is 0.130. The zero-order valence-electron chi connectivity index (χ0n) is 15.4. The molecule has 0 unspecified atom stereocenters. The molecule has 9 atom stereocenters. The number of rotatable bonds is 8. The summed E-state index contributed by atoms with van der Waals surface area (Å²) in [5.41, 5.74) is 0. The van der Waals surface area contributed by atoms with Gasteiger partial charge < -0.3 is 59.8 Å². The number of ether oxygens (including phenoxy) is 4. The molecule has 0 bridgehead atoms. The number of hydrogen-bond acceptors (Lipinski definition) is 13. The van der Waals surface area contributed by atoms with E-state index in [2.05, 4.69) is 0 Å². The molecule has 8 N–H and O–H groups in total. The molecule has 0 radical (unpaired) electrons. The van der Waals surface area contributed by atoms with Gasteiger partial charge in [0.1, 0.15) is 43.2 Å². The zero-order chi connectivity index (χ0) is 22.6. The van der Waals surface area contributed by atoms with Crippen molar-refractivity contribution >= 4 is 11.9 Å². The predicted molar refractivity (Wildman–Crippen MR) is 89.3 cm³/mol. The second kappa shape index (κ2) is 10.1. The van der Waals surface area contributed by atoms with Crippen molar-refractivity contribution in [3.8, 4) is 0 Å². The van der Waals surface area contributed by atoms with Crippen LogP contribution in [0.1, 0.15) is 0 Å². The SMILES string of the molecule is O=C(O)/C=C\C(=O)O[C@H]1[C@H](O)[C@@H](CO)O[C@@]1(CO)O[C@H]1O[C@H](CO)[C@@H](O)[C@H](O)[C@H]1O. The Bertz CT molecular complexity index is 637. The van der Waals surface area contributed by atoms with E-state index in [4.69, 9.17) is 24.1 Å². The lowest BCUT2D eigenvalue weighted by atomic mass is 9.99. The summed E-state index contributed by atoms with van der Waals surface area (Å²) in [7, 11) is 0. The van der Waals surface area contributed by atoms with E-state index in [1.54, 1.807) is 0 Å². The average Bonchev–Trinajstić information content (AvgIpc) is 2.98. The molecular formula is C16H24O14. The van der Waals surface area contributed by atoms with E-state index in [1.165, 1.54) is 0 Å². The largest absolute Gasteiger partial charge is 0.478 e. The molecule has 2 fully saturated rings. The fourth-order valence-corrected chi connectivity index (χ4v) is 3.08. The maximum absolute atomic E-state index is 11.9. The smallest absolute Gasteiger partial charge is 0.331 e. The van der Waals surface area contributed by atoms with Gasteiger partial charge in [0.05, 0.1) is 13.2 Å². The molecule has 2 aliphatic heterocycles. The topological polar surface area (TPSA) is 233 Å². The number of carbonyl (C=O) groups excluding carboxylic acids is 1. The summed E-state index contributed by atoms with van der Waals surface area (Å²) >= 11 is 0. The van der Waals surface area contributed by atoms with Crippen LogP contribution >= 0.6 is 0 Å². The third kappa shape index (κ3) is 4.94. The highest BCUT2D eigenvalue weighted by atomic mass is 16.8. The Morgan fingerprint density at radius 3 is 2.07 bits per heavy atom. The maximum Gasteiger partial charge on any atom is 0.331 e. The Morgan fingerprint density at radius 2 is 1.53 bits per heavy atom. The number of carboxylic acid groups (broad SMARTS) is 1. The van der Waals surface area contributed by atoms with Crippen molar-refractivity contribution in [3.05, 3.63) is 12.2 Å². The Kier molecular flexibility index (Phi) is 8.23. The highest BCUT2D eigenvalue weighted by Gasteiger charge is 2.60. The van der Waals surface area contributed by atoms with Crippen LogP contribution in [0.3, 0.4) is 0 Å². The molecule has 0 aliphatic carbocycles. The first-order valence-corrected chi connectivity index (χ1v) is 8.77. The van der Waals surface area contributed by atoms with E-state index in [0.29, 0.717) is 12.2 Å². The van der Waals surface area contributed by atoms with Gasteiger partial charge in [0, 0.05) is 12.2 Å². The molecular weight excluding hydrogens is 416 g/mol. The minimum atomic E-state index is -2.42. The maximum atomic E-state index is 11.9. The van der Waals surface area contributed by atoms with Crippen molar-refractivity contribution in [1.82, 2.24) is 0 Å². The van der Waals surface area contributed by atoms with Crippen LogP contribution in [0.15, 0.2) is 12.2 Å². The van der Waals surface area contributed by atoms with Gasteiger partial charge in [0.2, 0.25) is 5.79 Å². The lowest BCUT2D eigenvalue weighted by molar-refractivity contribution is -0.383. The molecule has 0 spiro atoms. The fraction of sp³-hybridized carbons (Fsp3) is 0.750. The lowest BCUT2D eigenvalue weighted by Gasteiger charge is -2.43. The van der Waals surface area contributed by atoms with Crippen molar-refractivity contribution in [3.63, 3.8) is 0 Å². The molecule has 172 valence electrons. The van der Waals surface area contributed by atoms with Gasteiger partial charge in [-0.05, 0) is 0 Å². The minimum Gasteiger partial charge on any atom is -0.478 e. The van der Waals surface area contributed by atoms with Gasteiger partial charge >= 0.3 is 11.9 Å². The van der Waals surface area contributed by atoms with Gasteiger partial charge in [-0.15, -0.1) is 0 Å². The molecule has 2 heterocycles. The van der Waals surface area contributed by atoms with Crippen molar-refractivity contribution < 1.29 is 69.4 Å². The third-order valence-electron chi connectivity index (χ3n) is 4.64. The number of esters is 1. The first-order valence-electron chi connectivity index (χ1n) is 8.77. The van der Waals surface area contributed by atoms with Crippen LogP contribution in [0, 0.1) is 0 Å². The second-order valence-electron chi connectivity index (χ2n) is 6.64. The fourth-order valence-electron chi connectivity index (χ4n) is 3.08. The first-order chi connectivity index (χ1) is 14.1. The van der Waals surface area contributed by atoms with Crippen molar-refractivity contribution in [2.75, 3.05) is 19.8 Å². The van der Waals surface area contributed by atoms with Gasteiger partial charge in [-0.1, -0.05) is 0 Å². The van der Waals surface area contributed by atoms with Gasteiger partial charge in [-0.25, -0.2) is 9.59 Å². The molecule has 2 rings (SSSR count). The van der Waals surface area contributed by atoms with Crippen LogP contribution in [-0.4, -0.2) is 127 Å². The third-order valence-corrected chi connectivity index (χ3v) is 4.64. The molecule has 2 saturated heterocycles. The van der Waals surface area contributed by atoms with E-state index < -0.39 is 86.6 Å². The van der Waals surface area contributed by atoms with E-state index in [1.807, 2.05) is 0 Å². The summed E-state index contributed by atoms with van der Waals surface area (Å²) in [6, 6.07) is 0. The van der Waals surface area contributed by atoms with Gasteiger partial charge in [-0.2, -0.15) is 0 Å². The van der Waals surface area contributed by atoms with E-state index in [0.717, 1.165) is 0 Å². The Labute approximate surface area is 169 Å². The molecule has 0 aromatic heterocycles. The van der Waals surface area contributed by atoms with Crippen LogP contribution in [0.2, 0.25) is 0 Å². The van der Waals surface area contributed by atoms with Crippen LogP contribution in [0.4, 0.5) is 0 Å². The summed E-state index contributed by atoms with van der Waals surface area (Å²) in [5, 5.41) is 77.2. The van der Waals surface area contributed by atoms with E-state index in [-0.39, 0.29) is 0 Å². The van der Waals surface area contributed by atoms with E-state index in [9.17, 15) is 45.3 Å². The highest BCUT2D eigenvalue weighted by molar-refractivity contribution is 5.90. The van der Waals surface area contributed by atoms with Crippen LogP contribution in [0.25, 0.3) is 0 Å². The molecule has 2 aliphatic rings.